The Bertz CT molecular complexity index is 1920. The van der Waals surface area contributed by atoms with Crippen molar-refractivity contribution in [3.05, 3.63) is 132 Å². The monoisotopic (exact) mass is 573 g/mol. The fourth-order valence-electron chi connectivity index (χ4n) is 6.16. The molecule has 0 amide bonds. The van der Waals surface area contributed by atoms with E-state index in [1.165, 1.54) is 33.0 Å². The van der Waals surface area contributed by atoms with E-state index in [2.05, 4.69) is 94.2 Å². The third-order valence-corrected chi connectivity index (χ3v) is 10.7. The number of nitrogens with zero attached hydrogens (tertiary/aromatic N) is 3. The lowest BCUT2D eigenvalue weighted by atomic mass is 9.81. The van der Waals surface area contributed by atoms with Gasteiger partial charge in [-0.3, -0.25) is 0 Å². The van der Waals surface area contributed by atoms with E-state index in [1.54, 1.807) is 0 Å². The molecule has 0 bridgehead atoms. The Balaban J connectivity index is 1.31. The fraction of sp³-hybridized carbons (Fsp3) is 0.154. The Morgan fingerprint density at radius 2 is 0.907 bits per heavy atom. The number of hydrogen-bond donors (Lipinski definition) is 0. The van der Waals surface area contributed by atoms with Crippen LogP contribution in [-0.4, -0.2) is 23.0 Å². The lowest BCUT2D eigenvalue weighted by Crippen LogP contribution is -2.38. The molecule has 0 saturated carbocycles. The third kappa shape index (κ3) is 4.92. The normalized spacial score (nSPS) is 13.4. The molecule has 210 valence electrons. The Morgan fingerprint density at radius 1 is 0.442 bits per heavy atom. The van der Waals surface area contributed by atoms with Gasteiger partial charge in [-0.1, -0.05) is 148 Å². The summed E-state index contributed by atoms with van der Waals surface area (Å²) in [6.45, 7) is 12.0. The zero-order valence-electron chi connectivity index (χ0n) is 25.4. The molecular weight excluding hydrogens is 539 g/mol. The summed E-state index contributed by atoms with van der Waals surface area (Å²) in [6.07, 6.45) is 0. The maximum atomic E-state index is 4.95. The van der Waals surface area contributed by atoms with Crippen LogP contribution in [0.5, 0.6) is 0 Å². The minimum Gasteiger partial charge on any atom is -0.208 e. The van der Waals surface area contributed by atoms with Crippen molar-refractivity contribution in [2.45, 2.75) is 38.9 Å². The number of rotatable bonds is 5. The van der Waals surface area contributed by atoms with Crippen LogP contribution < -0.4 is 5.19 Å². The lowest BCUT2D eigenvalue weighted by molar-refractivity contribution is 0.661. The van der Waals surface area contributed by atoms with Crippen LogP contribution in [0.2, 0.25) is 19.6 Å². The van der Waals surface area contributed by atoms with Crippen molar-refractivity contribution >= 4 is 13.3 Å². The molecule has 0 spiro atoms. The molecule has 7 rings (SSSR count). The maximum Gasteiger partial charge on any atom is 0.164 e. The molecule has 0 atom stereocenters. The van der Waals surface area contributed by atoms with E-state index >= 15 is 0 Å². The highest BCUT2D eigenvalue weighted by atomic mass is 28.3. The molecule has 1 aliphatic carbocycles. The van der Waals surface area contributed by atoms with Crippen molar-refractivity contribution in [1.82, 2.24) is 15.0 Å². The van der Waals surface area contributed by atoms with Crippen molar-refractivity contribution in [2.24, 2.45) is 0 Å². The van der Waals surface area contributed by atoms with Gasteiger partial charge in [0.1, 0.15) is 0 Å². The zero-order valence-corrected chi connectivity index (χ0v) is 26.4. The summed E-state index contributed by atoms with van der Waals surface area (Å²) < 4.78 is 0. The average Bonchev–Trinajstić information content (AvgIpc) is 3.26. The first-order valence-corrected chi connectivity index (χ1v) is 18.5. The molecular formula is C39H35N3Si. The van der Waals surface area contributed by atoms with Gasteiger partial charge in [0.2, 0.25) is 0 Å². The van der Waals surface area contributed by atoms with Crippen LogP contribution in [0.25, 0.3) is 56.4 Å². The predicted octanol–water partition coefficient (Wildman–Crippen LogP) is 9.39. The van der Waals surface area contributed by atoms with Crippen molar-refractivity contribution in [2.75, 3.05) is 0 Å². The van der Waals surface area contributed by atoms with Gasteiger partial charge < -0.3 is 0 Å². The minimum absolute atomic E-state index is 0.0582. The molecule has 3 nitrogen and oxygen atoms in total. The minimum atomic E-state index is -1.41. The smallest absolute Gasteiger partial charge is 0.164 e. The highest BCUT2D eigenvalue weighted by Crippen LogP contribution is 2.49. The number of aromatic nitrogens is 3. The molecule has 0 fully saturated rings. The maximum absolute atomic E-state index is 4.95. The Kier molecular flexibility index (Phi) is 6.48. The second-order valence-electron chi connectivity index (χ2n) is 13.0. The standard InChI is InChI=1S/C39H35N3Si/c1-39(2)34-24-29(19-21-32(34)33-22-20-31(25-35(33)39)43(3,4)5)28-17-12-18-30(23-28)38-41-36(26-13-8-6-9-14-26)40-37(42-38)27-15-10-7-11-16-27/h6-25H,1-5H3. The van der Waals surface area contributed by atoms with Crippen LogP contribution in [0.15, 0.2) is 121 Å². The molecule has 0 unspecified atom stereocenters. The summed E-state index contributed by atoms with van der Waals surface area (Å²) in [6, 6.07) is 43.0. The van der Waals surface area contributed by atoms with Gasteiger partial charge in [-0.25, -0.2) is 15.0 Å². The van der Waals surface area contributed by atoms with Crippen LogP contribution >= 0.6 is 0 Å². The van der Waals surface area contributed by atoms with Crippen LogP contribution in [0.4, 0.5) is 0 Å². The largest absolute Gasteiger partial charge is 0.208 e. The van der Waals surface area contributed by atoms with Crippen molar-refractivity contribution in [1.29, 1.82) is 0 Å². The average molecular weight is 574 g/mol. The van der Waals surface area contributed by atoms with Gasteiger partial charge in [-0.05, 0) is 45.5 Å². The molecule has 0 aliphatic heterocycles. The Morgan fingerprint density at radius 3 is 1.49 bits per heavy atom. The summed E-state index contributed by atoms with van der Waals surface area (Å²) in [5.74, 6) is 2.01. The van der Waals surface area contributed by atoms with E-state index in [9.17, 15) is 0 Å². The SMILES string of the molecule is CC1(C)c2cc(-c3cccc(-c4nc(-c5ccccc5)nc(-c5ccccc5)n4)c3)ccc2-c2ccc([Si](C)(C)C)cc21. The van der Waals surface area contributed by atoms with Crippen LogP contribution in [0, 0.1) is 0 Å². The highest BCUT2D eigenvalue weighted by molar-refractivity contribution is 6.88. The third-order valence-electron chi connectivity index (χ3n) is 8.70. The molecule has 43 heavy (non-hydrogen) atoms. The predicted molar refractivity (Wildman–Crippen MR) is 182 cm³/mol. The first-order chi connectivity index (χ1) is 20.7. The van der Waals surface area contributed by atoms with E-state index in [-0.39, 0.29) is 5.41 Å². The summed E-state index contributed by atoms with van der Waals surface area (Å²) >= 11 is 0. The second kappa shape index (κ2) is 10.2. The van der Waals surface area contributed by atoms with Crippen LogP contribution in [0.3, 0.4) is 0 Å². The van der Waals surface area contributed by atoms with Crippen LogP contribution in [-0.2, 0) is 5.41 Å². The molecule has 1 aliphatic rings. The van der Waals surface area contributed by atoms with Crippen molar-refractivity contribution in [3.63, 3.8) is 0 Å². The molecule has 6 aromatic rings. The highest BCUT2D eigenvalue weighted by Gasteiger charge is 2.36. The molecule has 0 N–H and O–H groups in total. The molecule has 0 saturated heterocycles. The van der Waals surface area contributed by atoms with Gasteiger partial charge in [-0.15, -0.1) is 0 Å². The topological polar surface area (TPSA) is 38.7 Å². The van der Waals surface area contributed by atoms with E-state index in [0.29, 0.717) is 17.5 Å². The summed E-state index contributed by atoms with van der Waals surface area (Å²) in [5.41, 5.74) is 10.7. The number of hydrogen-bond acceptors (Lipinski definition) is 3. The van der Waals surface area contributed by atoms with Gasteiger partial charge in [0.15, 0.2) is 17.5 Å². The quantitative estimate of drug-likeness (QED) is 0.193. The zero-order chi connectivity index (χ0) is 29.8. The first-order valence-electron chi connectivity index (χ1n) is 15.0. The Hall–Kier alpha value is -4.67. The number of benzene rings is 5. The van der Waals surface area contributed by atoms with Gasteiger partial charge >= 0.3 is 0 Å². The molecule has 1 heterocycles. The second-order valence-corrected chi connectivity index (χ2v) is 18.1. The summed E-state index contributed by atoms with van der Waals surface area (Å²) in [7, 11) is -1.41. The van der Waals surface area contributed by atoms with Gasteiger partial charge in [0.05, 0.1) is 8.07 Å². The van der Waals surface area contributed by atoms with Gasteiger partial charge in [0, 0.05) is 22.1 Å². The van der Waals surface area contributed by atoms with Crippen molar-refractivity contribution in [3.8, 4) is 56.4 Å². The van der Waals surface area contributed by atoms with Crippen molar-refractivity contribution < 1.29 is 0 Å². The molecule has 0 radical (unpaired) electrons. The van der Waals surface area contributed by atoms with E-state index in [0.717, 1.165) is 22.3 Å². The van der Waals surface area contributed by atoms with Crippen LogP contribution in [0.1, 0.15) is 25.0 Å². The lowest BCUT2D eigenvalue weighted by Gasteiger charge is -2.24. The van der Waals surface area contributed by atoms with Gasteiger partial charge in [-0.2, -0.15) is 0 Å². The van der Waals surface area contributed by atoms with E-state index in [4.69, 9.17) is 15.0 Å². The van der Waals surface area contributed by atoms with Gasteiger partial charge in [0.25, 0.3) is 0 Å². The van der Waals surface area contributed by atoms with E-state index < -0.39 is 8.07 Å². The first kappa shape index (κ1) is 27.2. The fourth-order valence-corrected chi connectivity index (χ4v) is 7.32. The Labute approximate surface area is 255 Å². The summed E-state index contributed by atoms with van der Waals surface area (Å²) in [4.78, 5) is 14.8. The molecule has 1 aromatic heterocycles. The summed E-state index contributed by atoms with van der Waals surface area (Å²) in [5, 5.41) is 1.52. The van der Waals surface area contributed by atoms with E-state index in [1.807, 2.05) is 60.7 Å². The number of fused-ring (bicyclic) bond motifs is 3. The molecule has 5 aromatic carbocycles. The molecule has 4 heteroatoms.